The zero-order valence-corrected chi connectivity index (χ0v) is 14.3. The van der Waals surface area contributed by atoms with Crippen LogP contribution in [0.25, 0.3) is 12.2 Å². The molecule has 2 aromatic carbocycles. The number of ketones is 1. The standard InChI is InChI=1S/C20H18O6/c1-25-19-10-13(4-7-17(19)23)3-6-16(22)15(12-21)9-14-5-8-18(24)20(11-14)26-2/h3-12,23-24H,1-2H3. The third-order valence-electron chi connectivity index (χ3n) is 3.57. The fourth-order valence-corrected chi connectivity index (χ4v) is 2.19. The van der Waals surface area contributed by atoms with Crippen molar-refractivity contribution < 1.29 is 29.3 Å². The Morgan fingerprint density at radius 1 is 0.923 bits per heavy atom. The van der Waals surface area contributed by atoms with Gasteiger partial charge in [0.15, 0.2) is 35.1 Å². The van der Waals surface area contributed by atoms with E-state index in [1.807, 2.05) is 0 Å². The van der Waals surface area contributed by atoms with E-state index in [2.05, 4.69) is 0 Å². The van der Waals surface area contributed by atoms with Gasteiger partial charge in [0.05, 0.1) is 19.8 Å². The third-order valence-corrected chi connectivity index (χ3v) is 3.57. The number of aldehydes is 1. The molecule has 0 bridgehead atoms. The zero-order valence-electron chi connectivity index (χ0n) is 14.3. The third kappa shape index (κ3) is 4.51. The lowest BCUT2D eigenvalue weighted by Crippen LogP contribution is -1.99. The van der Waals surface area contributed by atoms with Gasteiger partial charge in [-0.15, -0.1) is 0 Å². The van der Waals surface area contributed by atoms with Gasteiger partial charge in [0, 0.05) is 0 Å². The zero-order chi connectivity index (χ0) is 19.1. The smallest absolute Gasteiger partial charge is 0.189 e. The van der Waals surface area contributed by atoms with Crippen molar-refractivity contribution in [3.63, 3.8) is 0 Å². The largest absolute Gasteiger partial charge is 0.504 e. The van der Waals surface area contributed by atoms with E-state index in [0.29, 0.717) is 17.4 Å². The molecule has 0 spiro atoms. The van der Waals surface area contributed by atoms with Gasteiger partial charge in [0.1, 0.15) is 0 Å². The highest BCUT2D eigenvalue weighted by atomic mass is 16.5. The van der Waals surface area contributed by atoms with Gasteiger partial charge in [-0.05, 0) is 47.5 Å². The normalized spacial score (nSPS) is 11.4. The van der Waals surface area contributed by atoms with Crippen molar-refractivity contribution in [2.75, 3.05) is 14.2 Å². The summed E-state index contributed by atoms with van der Waals surface area (Å²) >= 11 is 0. The van der Waals surface area contributed by atoms with Crippen LogP contribution in [0.1, 0.15) is 11.1 Å². The molecule has 0 aromatic heterocycles. The molecule has 0 radical (unpaired) electrons. The van der Waals surface area contributed by atoms with Crippen LogP contribution in [-0.4, -0.2) is 36.5 Å². The van der Waals surface area contributed by atoms with Crippen molar-refractivity contribution in [2.24, 2.45) is 0 Å². The molecule has 2 rings (SSSR count). The minimum atomic E-state index is -0.487. The fourth-order valence-electron chi connectivity index (χ4n) is 2.19. The van der Waals surface area contributed by atoms with Crippen molar-refractivity contribution in [1.29, 1.82) is 0 Å². The first-order valence-corrected chi connectivity index (χ1v) is 7.61. The van der Waals surface area contributed by atoms with E-state index in [0.717, 1.165) is 0 Å². The molecule has 6 nitrogen and oxygen atoms in total. The summed E-state index contributed by atoms with van der Waals surface area (Å²) in [5.74, 6) is -0.0141. The first-order chi connectivity index (χ1) is 12.5. The second-order valence-corrected chi connectivity index (χ2v) is 5.28. The number of phenolic OH excluding ortho intramolecular Hbond substituents is 2. The fraction of sp³-hybridized carbons (Fsp3) is 0.100. The number of carbonyl (C=O) groups excluding carboxylic acids is 2. The average molecular weight is 354 g/mol. The van der Waals surface area contributed by atoms with Crippen LogP contribution in [0.15, 0.2) is 48.0 Å². The molecule has 0 atom stereocenters. The van der Waals surface area contributed by atoms with E-state index in [4.69, 9.17) is 9.47 Å². The number of rotatable bonds is 7. The maximum absolute atomic E-state index is 12.2. The summed E-state index contributed by atoms with van der Waals surface area (Å²) in [6, 6.07) is 9.10. The van der Waals surface area contributed by atoms with Crippen LogP contribution in [0.5, 0.6) is 23.0 Å². The lowest BCUT2D eigenvalue weighted by atomic mass is 10.1. The summed E-state index contributed by atoms with van der Waals surface area (Å²) < 4.78 is 10.0. The number of phenols is 2. The predicted octanol–water partition coefficient (Wildman–Crippen LogP) is 2.98. The summed E-state index contributed by atoms with van der Waals surface area (Å²) in [4.78, 5) is 23.5. The average Bonchev–Trinajstić information content (AvgIpc) is 2.66. The maximum atomic E-state index is 12.2. The lowest BCUT2D eigenvalue weighted by Gasteiger charge is -2.04. The molecule has 2 N–H and O–H groups in total. The SMILES string of the molecule is COc1cc(C=CC(=O)C(C=O)=Cc2ccc(O)c(OC)c2)ccc1O. The van der Waals surface area contributed by atoms with Gasteiger partial charge in [-0.2, -0.15) is 0 Å². The molecule has 0 saturated carbocycles. The van der Waals surface area contributed by atoms with Gasteiger partial charge >= 0.3 is 0 Å². The molecule has 0 saturated heterocycles. The minimum absolute atomic E-state index is 0.00858. The van der Waals surface area contributed by atoms with Crippen LogP contribution in [0.4, 0.5) is 0 Å². The molecule has 0 fully saturated rings. The topological polar surface area (TPSA) is 93.1 Å². The molecule has 2 aromatic rings. The molecule has 134 valence electrons. The van der Waals surface area contributed by atoms with Crippen molar-refractivity contribution in [3.8, 4) is 23.0 Å². The highest BCUT2D eigenvalue weighted by Crippen LogP contribution is 2.28. The number of benzene rings is 2. The second-order valence-electron chi connectivity index (χ2n) is 5.28. The van der Waals surface area contributed by atoms with Gasteiger partial charge in [0.25, 0.3) is 0 Å². The van der Waals surface area contributed by atoms with Gasteiger partial charge in [-0.1, -0.05) is 18.2 Å². The van der Waals surface area contributed by atoms with Crippen LogP contribution in [-0.2, 0) is 9.59 Å². The van der Waals surface area contributed by atoms with Gasteiger partial charge in [-0.25, -0.2) is 0 Å². The van der Waals surface area contributed by atoms with E-state index >= 15 is 0 Å². The Balaban J connectivity index is 2.24. The monoisotopic (exact) mass is 354 g/mol. The Bertz CT molecular complexity index is 880. The van der Waals surface area contributed by atoms with Crippen molar-refractivity contribution >= 4 is 24.2 Å². The van der Waals surface area contributed by atoms with Crippen LogP contribution >= 0.6 is 0 Å². The second kappa shape index (κ2) is 8.53. The molecule has 0 aliphatic rings. The van der Waals surface area contributed by atoms with E-state index in [1.54, 1.807) is 18.2 Å². The highest BCUT2D eigenvalue weighted by molar-refractivity contribution is 6.21. The molecular formula is C20H18O6. The van der Waals surface area contributed by atoms with Crippen molar-refractivity contribution in [2.45, 2.75) is 0 Å². The molecule has 0 aliphatic carbocycles. The number of carbonyl (C=O) groups is 2. The highest BCUT2D eigenvalue weighted by Gasteiger charge is 2.08. The maximum Gasteiger partial charge on any atom is 0.189 e. The van der Waals surface area contributed by atoms with Crippen LogP contribution in [0.3, 0.4) is 0 Å². The van der Waals surface area contributed by atoms with Gasteiger partial charge in [0.2, 0.25) is 0 Å². The molecule has 26 heavy (non-hydrogen) atoms. The molecule has 6 heteroatoms. The molecule has 0 unspecified atom stereocenters. The first kappa shape index (κ1) is 18.8. The van der Waals surface area contributed by atoms with Crippen molar-refractivity contribution in [3.05, 3.63) is 59.2 Å². The van der Waals surface area contributed by atoms with Crippen LogP contribution in [0, 0.1) is 0 Å². The Hall–Kier alpha value is -3.54. The minimum Gasteiger partial charge on any atom is -0.504 e. The molecule has 0 aliphatic heterocycles. The molecule has 0 heterocycles. The summed E-state index contributed by atoms with van der Waals surface area (Å²) in [7, 11) is 2.83. The lowest BCUT2D eigenvalue weighted by molar-refractivity contribution is -0.113. The number of aromatic hydroxyl groups is 2. The molecular weight excluding hydrogens is 336 g/mol. The quantitative estimate of drug-likeness (QED) is 0.344. The summed E-state index contributed by atoms with van der Waals surface area (Å²) in [5, 5.41) is 19.2. The van der Waals surface area contributed by atoms with E-state index < -0.39 is 5.78 Å². The van der Waals surface area contributed by atoms with Gasteiger partial charge < -0.3 is 19.7 Å². The summed E-state index contributed by atoms with van der Waals surface area (Å²) in [5.41, 5.74) is 1.11. The Labute approximate surface area is 150 Å². The van der Waals surface area contributed by atoms with Crippen molar-refractivity contribution in [1.82, 2.24) is 0 Å². The summed E-state index contributed by atoms with van der Waals surface area (Å²) in [6.45, 7) is 0. The van der Waals surface area contributed by atoms with Crippen LogP contribution in [0.2, 0.25) is 0 Å². The Kier molecular flexibility index (Phi) is 6.16. The van der Waals surface area contributed by atoms with Gasteiger partial charge in [-0.3, -0.25) is 9.59 Å². The Morgan fingerprint density at radius 3 is 2.00 bits per heavy atom. The Morgan fingerprint density at radius 2 is 1.46 bits per heavy atom. The van der Waals surface area contributed by atoms with Crippen LogP contribution < -0.4 is 9.47 Å². The summed E-state index contributed by atoms with van der Waals surface area (Å²) in [6.07, 6.45) is 4.63. The number of methoxy groups -OCH3 is 2. The first-order valence-electron chi connectivity index (χ1n) is 7.61. The number of ether oxygens (including phenoxy) is 2. The number of hydrogen-bond donors (Lipinski definition) is 2. The molecule has 0 amide bonds. The number of allylic oxidation sites excluding steroid dienone is 2. The number of hydrogen-bond acceptors (Lipinski definition) is 6. The van der Waals surface area contributed by atoms with E-state index in [-0.39, 0.29) is 28.6 Å². The van der Waals surface area contributed by atoms with E-state index in [9.17, 15) is 19.8 Å². The van der Waals surface area contributed by atoms with E-state index in [1.165, 1.54) is 50.6 Å². The predicted molar refractivity (Wildman–Crippen MR) is 97.4 cm³/mol.